The van der Waals surface area contributed by atoms with Gasteiger partial charge in [0.05, 0.1) is 0 Å². The Morgan fingerprint density at radius 3 is 2.81 bits per heavy atom. The summed E-state index contributed by atoms with van der Waals surface area (Å²) in [5.74, 6) is 0. The molecule has 2 heterocycles. The summed E-state index contributed by atoms with van der Waals surface area (Å²) in [4.78, 5) is 26.9. The van der Waals surface area contributed by atoms with Gasteiger partial charge in [0, 0.05) is 17.8 Å². The molecule has 0 aromatic carbocycles. The van der Waals surface area contributed by atoms with Crippen molar-refractivity contribution in [2.75, 3.05) is 6.54 Å². The van der Waals surface area contributed by atoms with E-state index in [9.17, 15) is 9.59 Å². The summed E-state index contributed by atoms with van der Waals surface area (Å²) in [6, 6.07) is 1.99. The van der Waals surface area contributed by atoms with E-state index in [1.165, 1.54) is 25.3 Å². The number of H-pyrrole nitrogens is 2. The summed E-state index contributed by atoms with van der Waals surface area (Å²) in [5.41, 5.74) is -0.0180. The molecule has 1 atom stereocenters. The van der Waals surface area contributed by atoms with Gasteiger partial charge in [0.2, 0.25) is 0 Å². The second kappa shape index (κ2) is 5.12. The van der Waals surface area contributed by atoms with Gasteiger partial charge in [0.25, 0.3) is 5.56 Å². The Bertz CT molecular complexity index is 415. The molecule has 1 fully saturated rings. The van der Waals surface area contributed by atoms with Crippen molar-refractivity contribution in [2.24, 2.45) is 0 Å². The maximum atomic E-state index is 11.1. The van der Waals surface area contributed by atoms with Gasteiger partial charge in [-0.05, 0) is 32.2 Å². The van der Waals surface area contributed by atoms with Crippen LogP contribution in [0.25, 0.3) is 0 Å². The molecule has 0 saturated carbocycles. The molecule has 0 aliphatic carbocycles. The van der Waals surface area contributed by atoms with Crippen LogP contribution in [0.2, 0.25) is 0 Å². The van der Waals surface area contributed by atoms with Crippen LogP contribution in [0.4, 0.5) is 0 Å². The highest BCUT2D eigenvalue weighted by Gasteiger charge is 2.12. The lowest BCUT2D eigenvalue weighted by Gasteiger charge is -2.23. The predicted octanol–water partition coefficient (Wildman–Crippen LogP) is 0.138. The van der Waals surface area contributed by atoms with E-state index < -0.39 is 5.69 Å². The average Bonchev–Trinajstić information content (AvgIpc) is 2.27. The molecule has 2 rings (SSSR count). The van der Waals surface area contributed by atoms with Crippen LogP contribution in [-0.4, -0.2) is 22.6 Å². The smallest absolute Gasteiger partial charge is 0.314 e. The lowest BCUT2D eigenvalue weighted by atomic mass is 10.00. The van der Waals surface area contributed by atoms with Crippen molar-refractivity contribution < 1.29 is 0 Å². The molecular weight excluding hydrogens is 206 g/mol. The standard InChI is InChI=1S/C11H17N3O2/c15-10-7-9(13-11(16)14-10)5-4-8-3-1-2-6-12-8/h7-8,12H,1-6H2,(H2,13,14,15,16). The van der Waals surface area contributed by atoms with Gasteiger partial charge in [-0.2, -0.15) is 0 Å². The molecule has 0 spiro atoms. The topological polar surface area (TPSA) is 77.8 Å². The minimum atomic E-state index is -0.417. The van der Waals surface area contributed by atoms with Crippen LogP contribution in [0.15, 0.2) is 15.7 Å². The molecule has 1 aromatic rings. The largest absolute Gasteiger partial charge is 0.325 e. The van der Waals surface area contributed by atoms with Crippen molar-refractivity contribution in [1.29, 1.82) is 0 Å². The van der Waals surface area contributed by atoms with Gasteiger partial charge in [-0.25, -0.2) is 4.79 Å². The number of aryl methyl sites for hydroxylation is 1. The highest BCUT2D eigenvalue weighted by atomic mass is 16.2. The van der Waals surface area contributed by atoms with Gasteiger partial charge in [-0.1, -0.05) is 6.42 Å². The lowest BCUT2D eigenvalue weighted by molar-refractivity contribution is 0.381. The monoisotopic (exact) mass is 223 g/mol. The highest BCUT2D eigenvalue weighted by Crippen LogP contribution is 2.11. The van der Waals surface area contributed by atoms with Gasteiger partial charge in [0.1, 0.15) is 0 Å². The first-order chi connectivity index (χ1) is 7.74. The van der Waals surface area contributed by atoms with Crippen LogP contribution in [0.3, 0.4) is 0 Å². The summed E-state index contributed by atoms with van der Waals surface area (Å²) < 4.78 is 0. The Morgan fingerprint density at radius 2 is 2.12 bits per heavy atom. The fourth-order valence-electron chi connectivity index (χ4n) is 2.15. The minimum Gasteiger partial charge on any atom is -0.314 e. The van der Waals surface area contributed by atoms with Crippen molar-refractivity contribution in [3.05, 3.63) is 32.6 Å². The molecule has 1 aliphatic heterocycles. The Labute approximate surface area is 93.3 Å². The fourth-order valence-corrected chi connectivity index (χ4v) is 2.15. The van der Waals surface area contributed by atoms with E-state index in [4.69, 9.17) is 0 Å². The number of hydrogen-bond acceptors (Lipinski definition) is 3. The highest BCUT2D eigenvalue weighted by molar-refractivity contribution is 4.99. The normalized spacial score (nSPS) is 20.9. The number of nitrogens with one attached hydrogen (secondary N) is 3. The summed E-state index contributed by atoms with van der Waals surface area (Å²) in [7, 11) is 0. The number of aromatic nitrogens is 2. The fraction of sp³-hybridized carbons (Fsp3) is 0.636. The average molecular weight is 223 g/mol. The number of rotatable bonds is 3. The molecule has 1 unspecified atom stereocenters. The van der Waals surface area contributed by atoms with Crippen molar-refractivity contribution in [1.82, 2.24) is 15.3 Å². The van der Waals surface area contributed by atoms with Crippen LogP contribution < -0.4 is 16.6 Å². The molecule has 16 heavy (non-hydrogen) atoms. The van der Waals surface area contributed by atoms with Crippen LogP contribution in [0.1, 0.15) is 31.4 Å². The summed E-state index contributed by atoms with van der Waals surface area (Å²) in [6.45, 7) is 1.08. The van der Waals surface area contributed by atoms with E-state index in [-0.39, 0.29) is 5.56 Å². The quantitative estimate of drug-likeness (QED) is 0.682. The first kappa shape index (κ1) is 11.1. The molecule has 5 nitrogen and oxygen atoms in total. The first-order valence-electron chi connectivity index (χ1n) is 5.80. The molecule has 1 aliphatic rings. The van der Waals surface area contributed by atoms with Crippen molar-refractivity contribution >= 4 is 0 Å². The SMILES string of the molecule is O=c1cc(CCC2CCCCN2)[nH]c(=O)[nH]1. The second-order valence-corrected chi connectivity index (χ2v) is 4.30. The molecule has 0 amide bonds. The van der Waals surface area contributed by atoms with Crippen molar-refractivity contribution in [3.8, 4) is 0 Å². The molecular formula is C11H17N3O2. The summed E-state index contributed by atoms with van der Waals surface area (Å²) in [6.07, 6.45) is 5.42. The molecule has 0 bridgehead atoms. The van der Waals surface area contributed by atoms with E-state index in [1.54, 1.807) is 0 Å². The predicted molar refractivity (Wildman–Crippen MR) is 61.6 cm³/mol. The van der Waals surface area contributed by atoms with E-state index in [1.807, 2.05) is 0 Å². The number of piperidine rings is 1. The van der Waals surface area contributed by atoms with E-state index in [2.05, 4.69) is 15.3 Å². The third-order valence-electron chi connectivity index (χ3n) is 2.99. The maximum Gasteiger partial charge on any atom is 0.325 e. The Kier molecular flexibility index (Phi) is 3.56. The third kappa shape index (κ3) is 3.06. The van der Waals surface area contributed by atoms with Crippen LogP contribution >= 0.6 is 0 Å². The lowest BCUT2D eigenvalue weighted by Crippen LogP contribution is -2.34. The third-order valence-corrected chi connectivity index (χ3v) is 2.99. The maximum absolute atomic E-state index is 11.1. The van der Waals surface area contributed by atoms with Gasteiger partial charge in [-0.15, -0.1) is 0 Å². The van der Waals surface area contributed by atoms with Crippen LogP contribution in [0, 0.1) is 0 Å². The molecule has 5 heteroatoms. The van der Waals surface area contributed by atoms with E-state index in [0.717, 1.165) is 25.1 Å². The molecule has 1 saturated heterocycles. The van der Waals surface area contributed by atoms with Crippen LogP contribution in [-0.2, 0) is 6.42 Å². The van der Waals surface area contributed by atoms with Gasteiger partial charge in [-0.3, -0.25) is 9.78 Å². The van der Waals surface area contributed by atoms with Gasteiger partial charge < -0.3 is 10.3 Å². The zero-order valence-corrected chi connectivity index (χ0v) is 9.21. The first-order valence-corrected chi connectivity index (χ1v) is 5.80. The van der Waals surface area contributed by atoms with Crippen LogP contribution in [0.5, 0.6) is 0 Å². The van der Waals surface area contributed by atoms with E-state index in [0.29, 0.717) is 6.04 Å². The van der Waals surface area contributed by atoms with Gasteiger partial charge >= 0.3 is 5.69 Å². The Balaban J connectivity index is 1.93. The second-order valence-electron chi connectivity index (χ2n) is 4.30. The summed E-state index contributed by atoms with van der Waals surface area (Å²) >= 11 is 0. The van der Waals surface area contributed by atoms with E-state index >= 15 is 0 Å². The molecule has 0 radical (unpaired) electrons. The van der Waals surface area contributed by atoms with Crippen molar-refractivity contribution in [3.63, 3.8) is 0 Å². The zero-order valence-electron chi connectivity index (χ0n) is 9.21. The zero-order chi connectivity index (χ0) is 11.4. The molecule has 1 aromatic heterocycles. The number of hydrogen-bond donors (Lipinski definition) is 3. The minimum absolute atomic E-state index is 0.324. The Morgan fingerprint density at radius 1 is 1.25 bits per heavy atom. The number of aromatic amines is 2. The summed E-state index contributed by atoms with van der Waals surface area (Å²) in [5, 5.41) is 3.44. The van der Waals surface area contributed by atoms with Gasteiger partial charge in [0.15, 0.2) is 0 Å². The van der Waals surface area contributed by atoms with Crippen molar-refractivity contribution in [2.45, 2.75) is 38.1 Å². The Hall–Kier alpha value is -1.36. The molecule has 3 N–H and O–H groups in total. The molecule has 88 valence electrons.